The van der Waals surface area contributed by atoms with Crippen molar-refractivity contribution in [3.8, 4) is 0 Å². The molecule has 120 valence electrons. The molecule has 2 heterocycles. The van der Waals surface area contributed by atoms with Crippen molar-refractivity contribution in [2.24, 2.45) is 5.41 Å². The number of nitrogens with zero attached hydrogens (tertiary/aromatic N) is 2. The van der Waals surface area contributed by atoms with Gasteiger partial charge in [0.2, 0.25) is 5.91 Å². The number of amides is 1. The fraction of sp³-hybridized carbons (Fsp3) is 0.611. The number of hydrogen-bond donors (Lipinski definition) is 0. The van der Waals surface area contributed by atoms with Crippen LogP contribution in [-0.4, -0.2) is 42.4 Å². The smallest absolute Gasteiger partial charge is 0.222 e. The third-order valence-electron chi connectivity index (χ3n) is 5.53. The minimum Gasteiger partial charge on any atom is -0.345 e. The van der Waals surface area contributed by atoms with Crippen LogP contribution in [0.4, 0.5) is 4.39 Å². The average molecular weight is 304 g/mol. The Morgan fingerprint density at radius 3 is 2.50 bits per heavy atom. The molecule has 2 saturated heterocycles. The van der Waals surface area contributed by atoms with Crippen LogP contribution < -0.4 is 0 Å². The molecular formula is C18H25FN2O. The molecule has 2 aliphatic heterocycles. The number of benzene rings is 1. The Kier molecular flexibility index (Phi) is 3.98. The molecule has 0 N–H and O–H groups in total. The Bertz CT molecular complexity index is 591. The van der Waals surface area contributed by atoms with Gasteiger partial charge in [0.05, 0.1) is 0 Å². The molecule has 3 rings (SSSR count). The van der Waals surface area contributed by atoms with Gasteiger partial charge in [-0.15, -0.1) is 0 Å². The Morgan fingerprint density at radius 2 is 1.91 bits per heavy atom. The van der Waals surface area contributed by atoms with E-state index in [1.807, 2.05) is 37.9 Å². The largest absolute Gasteiger partial charge is 0.345 e. The number of carbonyl (C=O) groups is 1. The molecule has 0 radical (unpaired) electrons. The van der Waals surface area contributed by atoms with Gasteiger partial charge in [0.1, 0.15) is 5.82 Å². The summed E-state index contributed by atoms with van der Waals surface area (Å²) in [5, 5.41) is 0. The summed E-state index contributed by atoms with van der Waals surface area (Å²) in [5.74, 6) is 0.207. The lowest BCUT2D eigenvalue weighted by atomic mass is 9.77. The molecule has 0 unspecified atom stereocenters. The van der Waals surface area contributed by atoms with Gasteiger partial charge >= 0.3 is 0 Å². The van der Waals surface area contributed by atoms with E-state index in [0.29, 0.717) is 12.0 Å². The second kappa shape index (κ2) is 5.65. The molecule has 0 aliphatic carbocycles. The summed E-state index contributed by atoms with van der Waals surface area (Å²) >= 11 is 0. The molecule has 2 aliphatic rings. The minimum absolute atomic E-state index is 0.0750. The van der Waals surface area contributed by atoms with Gasteiger partial charge in [-0.1, -0.05) is 12.1 Å². The molecule has 0 atom stereocenters. The van der Waals surface area contributed by atoms with E-state index in [2.05, 4.69) is 4.90 Å². The van der Waals surface area contributed by atoms with Crippen LogP contribution in [0.25, 0.3) is 0 Å². The Hall–Kier alpha value is -1.42. The van der Waals surface area contributed by atoms with Gasteiger partial charge in [-0.3, -0.25) is 9.69 Å². The SMILES string of the molecule is Cc1ccc(CN2CCC3(CC2)CC(=O)N(C)C3)c(C)c1F. The minimum atomic E-state index is -0.0750. The third-order valence-corrected chi connectivity index (χ3v) is 5.53. The van der Waals surface area contributed by atoms with Crippen LogP contribution in [0, 0.1) is 25.1 Å². The van der Waals surface area contributed by atoms with Crippen LogP contribution >= 0.6 is 0 Å². The average Bonchev–Trinajstić information content (AvgIpc) is 2.77. The van der Waals surface area contributed by atoms with Crippen molar-refractivity contribution in [3.05, 3.63) is 34.6 Å². The molecule has 1 aromatic rings. The van der Waals surface area contributed by atoms with Crippen LogP contribution in [0.3, 0.4) is 0 Å². The zero-order chi connectivity index (χ0) is 15.9. The van der Waals surface area contributed by atoms with Gasteiger partial charge in [0, 0.05) is 26.6 Å². The summed E-state index contributed by atoms with van der Waals surface area (Å²) in [6.45, 7) is 7.38. The number of piperidine rings is 1. The Labute approximate surface area is 132 Å². The number of hydrogen-bond acceptors (Lipinski definition) is 2. The highest BCUT2D eigenvalue weighted by molar-refractivity contribution is 5.79. The van der Waals surface area contributed by atoms with Crippen LogP contribution in [0.15, 0.2) is 12.1 Å². The highest BCUT2D eigenvalue weighted by atomic mass is 19.1. The van der Waals surface area contributed by atoms with Crippen molar-refractivity contribution in [1.82, 2.24) is 9.80 Å². The van der Waals surface area contributed by atoms with Crippen molar-refractivity contribution >= 4 is 5.91 Å². The van der Waals surface area contributed by atoms with Gasteiger partial charge in [-0.05, 0) is 61.9 Å². The number of halogens is 1. The van der Waals surface area contributed by atoms with E-state index in [4.69, 9.17) is 0 Å². The van der Waals surface area contributed by atoms with E-state index in [1.165, 1.54) is 0 Å². The van der Waals surface area contributed by atoms with E-state index in [9.17, 15) is 9.18 Å². The van der Waals surface area contributed by atoms with Crippen LogP contribution in [-0.2, 0) is 11.3 Å². The maximum absolute atomic E-state index is 14.0. The second-order valence-electron chi connectivity index (χ2n) is 7.18. The third kappa shape index (κ3) is 2.76. The van der Waals surface area contributed by atoms with E-state index in [-0.39, 0.29) is 17.1 Å². The van der Waals surface area contributed by atoms with E-state index >= 15 is 0 Å². The van der Waals surface area contributed by atoms with Crippen LogP contribution in [0.1, 0.15) is 36.0 Å². The predicted molar refractivity (Wildman–Crippen MR) is 85.1 cm³/mol. The molecular weight excluding hydrogens is 279 g/mol. The van der Waals surface area contributed by atoms with Gasteiger partial charge < -0.3 is 4.90 Å². The number of likely N-dealkylation sites (tertiary alicyclic amines) is 2. The molecule has 3 nitrogen and oxygen atoms in total. The highest BCUT2D eigenvalue weighted by Crippen LogP contribution is 2.40. The second-order valence-corrected chi connectivity index (χ2v) is 7.18. The zero-order valence-corrected chi connectivity index (χ0v) is 13.8. The normalized spacial score (nSPS) is 21.8. The maximum atomic E-state index is 14.0. The predicted octanol–water partition coefficient (Wildman–Crippen LogP) is 2.89. The summed E-state index contributed by atoms with van der Waals surface area (Å²) in [7, 11) is 1.90. The summed E-state index contributed by atoms with van der Waals surface area (Å²) < 4.78 is 14.0. The molecule has 1 spiro atoms. The number of carbonyl (C=O) groups excluding carboxylic acids is 1. The summed E-state index contributed by atoms with van der Waals surface area (Å²) in [6.07, 6.45) is 2.84. The van der Waals surface area contributed by atoms with Gasteiger partial charge in [-0.25, -0.2) is 4.39 Å². The summed E-state index contributed by atoms with van der Waals surface area (Å²) in [5.41, 5.74) is 2.76. The van der Waals surface area contributed by atoms with Gasteiger partial charge in [-0.2, -0.15) is 0 Å². The molecule has 1 amide bonds. The fourth-order valence-electron chi connectivity index (χ4n) is 3.90. The lowest BCUT2D eigenvalue weighted by Crippen LogP contribution is -2.41. The van der Waals surface area contributed by atoms with E-state index in [1.54, 1.807) is 0 Å². The summed E-state index contributed by atoms with van der Waals surface area (Å²) in [4.78, 5) is 16.1. The monoisotopic (exact) mass is 304 g/mol. The Morgan fingerprint density at radius 1 is 1.23 bits per heavy atom. The lowest BCUT2D eigenvalue weighted by molar-refractivity contribution is -0.126. The molecule has 22 heavy (non-hydrogen) atoms. The Balaban J connectivity index is 1.63. The highest BCUT2D eigenvalue weighted by Gasteiger charge is 2.43. The van der Waals surface area contributed by atoms with E-state index in [0.717, 1.165) is 50.1 Å². The first-order chi connectivity index (χ1) is 10.4. The topological polar surface area (TPSA) is 23.6 Å². The van der Waals surface area contributed by atoms with Crippen molar-refractivity contribution in [2.45, 2.75) is 39.7 Å². The first kappa shape index (κ1) is 15.5. The van der Waals surface area contributed by atoms with Gasteiger partial charge in [0.25, 0.3) is 0 Å². The standard InChI is InChI=1S/C18H25FN2O/c1-13-4-5-15(14(2)17(13)19)11-21-8-6-18(7-9-21)10-16(22)20(3)12-18/h4-5H,6-12H2,1-3H3. The quantitative estimate of drug-likeness (QED) is 0.839. The van der Waals surface area contributed by atoms with E-state index < -0.39 is 0 Å². The van der Waals surface area contributed by atoms with Crippen LogP contribution in [0.5, 0.6) is 0 Å². The molecule has 0 saturated carbocycles. The van der Waals surface area contributed by atoms with Crippen molar-refractivity contribution in [3.63, 3.8) is 0 Å². The molecule has 1 aromatic carbocycles. The number of rotatable bonds is 2. The van der Waals surface area contributed by atoms with Crippen molar-refractivity contribution in [1.29, 1.82) is 0 Å². The van der Waals surface area contributed by atoms with Crippen LogP contribution in [0.2, 0.25) is 0 Å². The van der Waals surface area contributed by atoms with Gasteiger partial charge in [0.15, 0.2) is 0 Å². The molecule has 2 fully saturated rings. The summed E-state index contributed by atoms with van der Waals surface area (Å²) in [6, 6.07) is 3.92. The van der Waals surface area contributed by atoms with Crippen molar-refractivity contribution < 1.29 is 9.18 Å². The first-order valence-electron chi connectivity index (χ1n) is 8.11. The zero-order valence-electron chi connectivity index (χ0n) is 13.8. The molecule has 0 bridgehead atoms. The molecule has 0 aromatic heterocycles. The molecule has 4 heteroatoms. The first-order valence-corrected chi connectivity index (χ1v) is 8.11. The number of aryl methyl sites for hydroxylation is 1. The fourth-order valence-corrected chi connectivity index (χ4v) is 3.90. The maximum Gasteiger partial charge on any atom is 0.222 e. The van der Waals surface area contributed by atoms with Crippen molar-refractivity contribution in [2.75, 3.05) is 26.7 Å². The lowest BCUT2D eigenvalue weighted by Gasteiger charge is -2.38.